The van der Waals surface area contributed by atoms with Crippen molar-refractivity contribution in [3.05, 3.63) is 58.8 Å². The first kappa shape index (κ1) is 14.6. The Morgan fingerprint density at radius 1 is 1.36 bits per heavy atom. The van der Waals surface area contributed by atoms with Gasteiger partial charge in [0.05, 0.1) is 11.9 Å². The van der Waals surface area contributed by atoms with Crippen LogP contribution in [-0.4, -0.2) is 32.7 Å². The number of hydrogen-bond acceptors (Lipinski definition) is 5. The molecule has 1 unspecified atom stereocenters. The summed E-state index contributed by atoms with van der Waals surface area (Å²) in [6.45, 7) is 0. The lowest BCUT2D eigenvalue weighted by atomic mass is 10.0. The van der Waals surface area contributed by atoms with Gasteiger partial charge in [0.25, 0.3) is 0 Å². The van der Waals surface area contributed by atoms with E-state index < -0.39 is 6.10 Å². The summed E-state index contributed by atoms with van der Waals surface area (Å²) in [7, 11) is 0. The molecule has 0 radical (unpaired) electrons. The van der Waals surface area contributed by atoms with E-state index >= 15 is 0 Å². The van der Waals surface area contributed by atoms with E-state index in [1.807, 2.05) is 18.2 Å². The molecule has 1 amide bonds. The monoisotopic (exact) mass is 315 g/mol. The quantitative estimate of drug-likeness (QED) is 0.801. The first-order valence-electron chi connectivity index (χ1n) is 6.60. The minimum atomic E-state index is -0.930. The van der Waals surface area contributed by atoms with Crippen molar-refractivity contribution in [2.45, 2.75) is 6.10 Å². The van der Waals surface area contributed by atoms with Crippen LogP contribution in [0.5, 0.6) is 0 Å². The van der Waals surface area contributed by atoms with Gasteiger partial charge >= 0.3 is 0 Å². The highest BCUT2D eigenvalue weighted by atomic mass is 32.2. The fourth-order valence-corrected chi connectivity index (χ4v) is 2.97. The van der Waals surface area contributed by atoms with Crippen molar-refractivity contribution in [1.82, 2.24) is 10.2 Å². The number of amides is 1. The van der Waals surface area contributed by atoms with Gasteiger partial charge in [-0.2, -0.15) is 5.10 Å². The number of para-hydroxylation sites is 1. The van der Waals surface area contributed by atoms with E-state index in [1.54, 1.807) is 12.1 Å². The van der Waals surface area contributed by atoms with Crippen LogP contribution < -0.4 is 5.32 Å². The zero-order valence-electron chi connectivity index (χ0n) is 11.4. The highest BCUT2D eigenvalue weighted by Crippen LogP contribution is 2.35. The number of hydrogen-bond donors (Lipinski definition) is 3. The van der Waals surface area contributed by atoms with Gasteiger partial charge in [-0.25, -0.2) is 0 Å². The second kappa shape index (κ2) is 6.17. The molecule has 0 bridgehead atoms. The number of aromatic nitrogens is 2. The number of aliphatic hydroxyl groups excluding tert-OH is 1. The Kier molecular flexibility index (Phi) is 4.08. The number of carbonyl (C=O) groups excluding carboxylic acids is 2. The van der Waals surface area contributed by atoms with E-state index in [9.17, 15) is 14.7 Å². The summed E-state index contributed by atoms with van der Waals surface area (Å²) in [5.41, 5.74) is 1.45. The number of nitrogens with one attached hydrogen (secondary N) is 2. The van der Waals surface area contributed by atoms with Crippen molar-refractivity contribution in [2.75, 3.05) is 11.1 Å². The Hall–Kier alpha value is -2.38. The SMILES string of the molecule is O=C(CSC1=CC(=O)c2[nH]ncc2C1O)Nc1ccccc1. The van der Waals surface area contributed by atoms with Crippen LogP contribution in [0.2, 0.25) is 0 Å². The second-order valence-corrected chi connectivity index (χ2v) is 5.77. The molecule has 1 aromatic heterocycles. The van der Waals surface area contributed by atoms with Gasteiger partial charge in [-0.1, -0.05) is 18.2 Å². The lowest BCUT2D eigenvalue weighted by Crippen LogP contribution is -2.17. The zero-order chi connectivity index (χ0) is 15.5. The number of aromatic amines is 1. The van der Waals surface area contributed by atoms with Crippen molar-refractivity contribution in [2.24, 2.45) is 0 Å². The fourth-order valence-electron chi connectivity index (χ4n) is 2.12. The predicted octanol–water partition coefficient (Wildman–Crippen LogP) is 1.90. The third-order valence-corrected chi connectivity index (χ3v) is 4.26. The van der Waals surface area contributed by atoms with E-state index in [2.05, 4.69) is 15.5 Å². The minimum Gasteiger partial charge on any atom is -0.383 e. The minimum absolute atomic E-state index is 0.109. The molecule has 6 nitrogen and oxygen atoms in total. The molecule has 22 heavy (non-hydrogen) atoms. The molecule has 0 aliphatic heterocycles. The van der Waals surface area contributed by atoms with Crippen LogP contribution in [-0.2, 0) is 4.79 Å². The molecule has 0 fully saturated rings. The number of allylic oxidation sites excluding steroid dienone is 1. The molecule has 112 valence electrons. The van der Waals surface area contributed by atoms with E-state index in [4.69, 9.17) is 0 Å². The maximum Gasteiger partial charge on any atom is 0.234 e. The maximum absolute atomic E-state index is 11.9. The van der Waals surface area contributed by atoms with Gasteiger partial charge in [-0.05, 0) is 12.1 Å². The number of carbonyl (C=O) groups is 2. The van der Waals surface area contributed by atoms with E-state index in [1.165, 1.54) is 12.3 Å². The van der Waals surface area contributed by atoms with Crippen LogP contribution in [0.4, 0.5) is 5.69 Å². The summed E-state index contributed by atoms with van der Waals surface area (Å²) < 4.78 is 0. The molecule has 0 saturated heterocycles. The second-order valence-electron chi connectivity index (χ2n) is 4.72. The molecule has 7 heteroatoms. The van der Waals surface area contributed by atoms with Gasteiger partial charge in [0, 0.05) is 22.2 Å². The molecule has 0 spiro atoms. The number of benzene rings is 1. The van der Waals surface area contributed by atoms with Gasteiger partial charge in [0.15, 0.2) is 0 Å². The Labute approximate surface area is 130 Å². The van der Waals surface area contributed by atoms with Crippen LogP contribution in [0.3, 0.4) is 0 Å². The molecular formula is C15H13N3O3S. The standard InChI is InChI=1S/C15H13N3O3S/c19-11-6-12(15(21)10-7-16-18-14(10)11)22-8-13(20)17-9-4-2-1-3-5-9/h1-7,15,21H,8H2,(H,16,18)(H,17,20). The summed E-state index contributed by atoms with van der Waals surface area (Å²) in [6, 6.07) is 9.10. The van der Waals surface area contributed by atoms with Crippen LogP contribution in [0, 0.1) is 0 Å². The molecular weight excluding hydrogens is 302 g/mol. The number of nitrogens with zero attached hydrogens (tertiary/aromatic N) is 1. The fraction of sp³-hybridized carbons (Fsp3) is 0.133. The average molecular weight is 315 g/mol. The van der Waals surface area contributed by atoms with Gasteiger partial charge < -0.3 is 10.4 Å². The Balaban J connectivity index is 1.62. The third-order valence-electron chi connectivity index (χ3n) is 3.18. The van der Waals surface area contributed by atoms with Crippen molar-refractivity contribution in [3.8, 4) is 0 Å². The lowest BCUT2D eigenvalue weighted by molar-refractivity contribution is -0.113. The Morgan fingerprint density at radius 2 is 2.14 bits per heavy atom. The predicted molar refractivity (Wildman–Crippen MR) is 83.5 cm³/mol. The van der Waals surface area contributed by atoms with Gasteiger partial charge in [-0.3, -0.25) is 14.7 Å². The number of fused-ring (bicyclic) bond motifs is 1. The smallest absolute Gasteiger partial charge is 0.234 e. The molecule has 1 aromatic carbocycles. The van der Waals surface area contributed by atoms with Crippen molar-refractivity contribution < 1.29 is 14.7 Å². The summed E-state index contributed by atoms with van der Waals surface area (Å²) in [5.74, 6) is -0.336. The highest BCUT2D eigenvalue weighted by molar-refractivity contribution is 8.03. The number of rotatable bonds is 4. The summed E-state index contributed by atoms with van der Waals surface area (Å²) in [6.07, 6.45) is 1.84. The first-order chi connectivity index (χ1) is 10.6. The largest absolute Gasteiger partial charge is 0.383 e. The number of thioether (sulfide) groups is 1. The number of anilines is 1. The van der Waals surface area contributed by atoms with Gasteiger partial charge in [0.2, 0.25) is 11.7 Å². The molecule has 3 rings (SSSR count). The Morgan fingerprint density at radius 3 is 2.91 bits per heavy atom. The molecule has 1 heterocycles. The Bertz CT molecular complexity index is 740. The molecule has 3 N–H and O–H groups in total. The molecule has 2 aromatic rings. The number of ketones is 1. The van der Waals surface area contributed by atoms with Crippen LogP contribution >= 0.6 is 11.8 Å². The average Bonchev–Trinajstić information content (AvgIpc) is 3.01. The van der Waals surface area contributed by atoms with E-state index in [0.29, 0.717) is 21.8 Å². The topological polar surface area (TPSA) is 95.1 Å². The van der Waals surface area contributed by atoms with E-state index in [0.717, 1.165) is 11.8 Å². The lowest BCUT2D eigenvalue weighted by Gasteiger charge is -2.18. The first-order valence-corrected chi connectivity index (χ1v) is 7.58. The van der Waals surface area contributed by atoms with Crippen molar-refractivity contribution in [3.63, 3.8) is 0 Å². The van der Waals surface area contributed by atoms with Crippen molar-refractivity contribution >= 4 is 29.1 Å². The van der Waals surface area contributed by atoms with Gasteiger partial charge in [-0.15, -0.1) is 11.8 Å². The zero-order valence-corrected chi connectivity index (χ0v) is 12.3. The summed E-state index contributed by atoms with van der Waals surface area (Å²) in [5, 5.41) is 19.3. The molecule has 1 aliphatic carbocycles. The normalized spacial score (nSPS) is 16.9. The maximum atomic E-state index is 11.9. The van der Waals surface area contributed by atoms with Crippen LogP contribution in [0.15, 0.2) is 47.5 Å². The molecule has 1 atom stereocenters. The van der Waals surface area contributed by atoms with Gasteiger partial charge in [0.1, 0.15) is 11.8 Å². The summed E-state index contributed by atoms with van der Waals surface area (Å²) in [4.78, 5) is 24.2. The number of H-pyrrole nitrogens is 1. The summed E-state index contributed by atoms with van der Waals surface area (Å²) >= 11 is 1.14. The molecule has 0 saturated carbocycles. The van der Waals surface area contributed by atoms with E-state index in [-0.39, 0.29) is 17.4 Å². The molecule has 1 aliphatic rings. The van der Waals surface area contributed by atoms with Crippen molar-refractivity contribution in [1.29, 1.82) is 0 Å². The third kappa shape index (κ3) is 2.95. The number of aliphatic hydroxyl groups is 1. The van der Waals surface area contributed by atoms with Crippen LogP contribution in [0.1, 0.15) is 22.2 Å². The highest BCUT2D eigenvalue weighted by Gasteiger charge is 2.28. The van der Waals surface area contributed by atoms with Crippen LogP contribution in [0.25, 0.3) is 0 Å².